The predicted octanol–water partition coefficient (Wildman–Crippen LogP) is 2.59. The van der Waals surface area contributed by atoms with Crippen LogP contribution in [-0.2, 0) is 11.3 Å². The number of nitrogens with zero attached hydrogens (tertiary/aromatic N) is 3. The number of thiophene rings is 1. The maximum atomic E-state index is 11.9. The fraction of sp³-hybridized carbons (Fsp3) is 0.462. The van der Waals surface area contributed by atoms with Gasteiger partial charge in [0.15, 0.2) is 5.69 Å². The molecule has 0 N–H and O–H groups in total. The minimum atomic E-state index is -0.395. The molecule has 1 aliphatic rings. The van der Waals surface area contributed by atoms with Crippen molar-refractivity contribution in [2.24, 2.45) is 5.92 Å². The molecular formula is C13H15N3O2S. The van der Waals surface area contributed by atoms with Crippen LogP contribution in [0, 0.1) is 5.92 Å². The normalized spacial score (nSPS) is 14.6. The highest BCUT2D eigenvalue weighted by atomic mass is 32.1. The fourth-order valence-electron chi connectivity index (χ4n) is 1.98. The largest absolute Gasteiger partial charge is 0.461 e. The quantitative estimate of drug-likeness (QED) is 0.788. The summed E-state index contributed by atoms with van der Waals surface area (Å²) in [5, 5.41) is 10.1. The van der Waals surface area contributed by atoms with Crippen molar-refractivity contribution < 1.29 is 9.53 Å². The molecule has 0 bridgehead atoms. The molecule has 0 aromatic carbocycles. The Bertz CT molecular complexity index is 573. The van der Waals surface area contributed by atoms with E-state index in [1.54, 1.807) is 18.3 Å². The lowest BCUT2D eigenvalue weighted by atomic mass is 10.2. The van der Waals surface area contributed by atoms with Crippen LogP contribution >= 0.6 is 11.3 Å². The first-order valence-electron chi connectivity index (χ1n) is 6.44. The topological polar surface area (TPSA) is 57.0 Å². The van der Waals surface area contributed by atoms with E-state index >= 15 is 0 Å². The van der Waals surface area contributed by atoms with Crippen LogP contribution in [0.5, 0.6) is 0 Å². The molecule has 0 saturated heterocycles. The van der Waals surface area contributed by atoms with Crippen LogP contribution in [0.2, 0.25) is 0 Å². The van der Waals surface area contributed by atoms with Gasteiger partial charge >= 0.3 is 5.97 Å². The molecule has 0 atom stereocenters. The van der Waals surface area contributed by atoms with Gasteiger partial charge in [-0.25, -0.2) is 9.48 Å². The first-order valence-corrected chi connectivity index (χ1v) is 7.32. The minimum Gasteiger partial charge on any atom is -0.461 e. The molecule has 5 nitrogen and oxygen atoms in total. The Morgan fingerprint density at radius 2 is 2.42 bits per heavy atom. The van der Waals surface area contributed by atoms with E-state index in [1.807, 2.05) is 22.2 Å². The molecular weight excluding hydrogens is 262 g/mol. The molecule has 0 aliphatic heterocycles. The molecule has 100 valence electrons. The van der Waals surface area contributed by atoms with Gasteiger partial charge in [0.2, 0.25) is 0 Å². The first-order chi connectivity index (χ1) is 9.29. The average Bonchev–Trinajstić information content (AvgIpc) is 2.91. The third-order valence-corrected chi connectivity index (χ3v) is 3.96. The Morgan fingerprint density at radius 3 is 3.05 bits per heavy atom. The molecule has 6 heteroatoms. The van der Waals surface area contributed by atoms with Crippen LogP contribution in [0.15, 0.2) is 17.5 Å². The van der Waals surface area contributed by atoms with Crippen molar-refractivity contribution in [3.05, 3.63) is 23.2 Å². The van der Waals surface area contributed by atoms with Gasteiger partial charge in [0.25, 0.3) is 0 Å². The van der Waals surface area contributed by atoms with Gasteiger partial charge in [0, 0.05) is 6.54 Å². The number of hydrogen-bond donors (Lipinski definition) is 0. The third-order valence-electron chi connectivity index (χ3n) is 3.09. The van der Waals surface area contributed by atoms with E-state index in [9.17, 15) is 4.79 Å². The van der Waals surface area contributed by atoms with Crippen molar-refractivity contribution in [2.75, 3.05) is 6.61 Å². The summed E-state index contributed by atoms with van der Waals surface area (Å²) in [6, 6.07) is 3.94. The molecule has 0 unspecified atom stereocenters. The highest BCUT2D eigenvalue weighted by molar-refractivity contribution is 7.13. The van der Waals surface area contributed by atoms with Crippen LogP contribution in [0.4, 0.5) is 0 Å². The van der Waals surface area contributed by atoms with E-state index in [0.717, 1.165) is 17.1 Å². The SMILES string of the molecule is CCOC(=O)c1nnn(CC2CC2)c1-c1cccs1. The van der Waals surface area contributed by atoms with Gasteiger partial charge < -0.3 is 4.74 Å². The Hall–Kier alpha value is -1.69. The van der Waals surface area contributed by atoms with Crippen molar-refractivity contribution in [1.82, 2.24) is 15.0 Å². The van der Waals surface area contributed by atoms with Crippen molar-refractivity contribution >= 4 is 17.3 Å². The van der Waals surface area contributed by atoms with Gasteiger partial charge in [0.05, 0.1) is 11.5 Å². The number of carbonyl (C=O) groups excluding carboxylic acids is 1. The van der Waals surface area contributed by atoms with E-state index in [0.29, 0.717) is 18.2 Å². The number of carbonyl (C=O) groups is 1. The number of aromatic nitrogens is 3. The maximum absolute atomic E-state index is 11.9. The smallest absolute Gasteiger partial charge is 0.361 e. The molecule has 3 rings (SSSR count). The molecule has 0 amide bonds. The molecule has 2 aromatic rings. The summed E-state index contributed by atoms with van der Waals surface area (Å²) in [7, 11) is 0. The predicted molar refractivity (Wildman–Crippen MR) is 72.0 cm³/mol. The second-order valence-corrected chi connectivity index (χ2v) is 5.56. The summed E-state index contributed by atoms with van der Waals surface area (Å²) in [6.45, 7) is 2.97. The van der Waals surface area contributed by atoms with E-state index in [-0.39, 0.29) is 0 Å². The van der Waals surface area contributed by atoms with Gasteiger partial charge in [-0.1, -0.05) is 11.3 Å². The van der Waals surface area contributed by atoms with Crippen LogP contribution in [0.3, 0.4) is 0 Å². The van der Waals surface area contributed by atoms with Gasteiger partial charge in [-0.3, -0.25) is 0 Å². The molecule has 2 aromatic heterocycles. The van der Waals surface area contributed by atoms with Gasteiger partial charge in [-0.2, -0.15) is 0 Å². The Morgan fingerprint density at radius 1 is 1.58 bits per heavy atom. The average molecular weight is 277 g/mol. The monoisotopic (exact) mass is 277 g/mol. The summed E-state index contributed by atoms with van der Waals surface area (Å²) >= 11 is 1.58. The van der Waals surface area contributed by atoms with Gasteiger partial charge in [-0.15, -0.1) is 16.4 Å². The molecule has 1 saturated carbocycles. The Balaban J connectivity index is 1.99. The van der Waals surface area contributed by atoms with Gasteiger partial charge in [-0.05, 0) is 37.1 Å². The van der Waals surface area contributed by atoms with Gasteiger partial charge in [0.1, 0.15) is 5.69 Å². The summed E-state index contributed by atoms with van der Waals surface area (Å²) in [4.78, 5) is 13.0. The Kier molecular flexibility index (Phi) is 3.33. The number of hydrogen-bond acceptors (Lipinski definition) is 5. The molecule has 1 fully saturated rings. The lowest BCUT2D eigenvalue weighted by Gasteiger charge is -2.05. The second kappa shape index (κ2) is 5.13. The standard InChI is InChI=1S/C13H15N3O2S/c1-2-18-13(17)11-12(10-4-3-7-19-10)16(15-14-11)8-9-5-6-9/h3-4,7,9H,2,5-6,8H2,1H3. The highest BCUT2D eigenvalue weighted by Gasteiger charge is 2.28. The van der Waals surface area contributed by atoms with Crippen molar-refractivity contribution in [3.63, 3.8) is 0 Å². The number of esters is 1. The van der Waals surface area contributed by atoms with E-state index in [4.69, 9.17) is 4.74 Å². The van der Waals surface area contributed by atoms with E-state index < -0.39 is 5.97 Å². The van der Waals surface area contributed by atoms with Crippen molar-refractivity contribution in [1.29, 1.82) is 0 Å². The van der Waals surface area contributed by atoms with E-state index in [2.05, 4.69) is 10.3 Å². The van der Waals surface area contributed by atoms with Crippen molar-refractivity contribution in [3.8, 4) is 10.6 Å². The molecule has 2 heterocycles. The molecule has 0 radical (unpaired) electrons. The lowest BCUT2D eigenvalue weighted by Crippen LogP contribution is -2.08. The maximum Gasteiger partial charge on any atom is 0.361 e. The lowest BCUT2D eigenvalue weighted by molar-refractivity contribution is 0.0520. The Labute approximate surface area is 115 Å². The minimum absolute atomic E-state index is 0.324. The number of ether oxygens (including phenoxy) is 1. The van der Waals surface area contributed by atoms with Crippen molar-refractivity contribution in [2.45, 2.75) is 26.3 Å². The zero-order valence-corrected chi connectivity index (χ0v) is 11.5. The fourth-order valence-corrected chi connectivity index (χ4v) is 2.75. The second-order valence-electron chi connectivity index (χ2n) is 4.61. The third kappa shape index (κ3) is 2.53. The van der Waals surface area contributed by atoms with Crippen LogP contribution in [-0.4, -0.2) is 27.6 Å². The summed E-state index contributed by atoms with van der Waals surface area (Å²) < 4.78 is 6.89. The summed E-state index contributed by atoms with van der Waals surface area (Å²) in [6.07, 6.45) is 2.47. The zero-order valence-electron chi connectivity index (χ0n) is 10.7. The van der Waals surface area contributed by atoms with Crippen LogP contribution < -0.4 is 0 Å². The molecule has 1 aliphatic carbocycles. The summed E-state index contributed by atoms with van der Waals surface area (Å²) in [5.74, 6) is 0.281. The highest BCUT2D eigenvalue weighted by Crippen LogP contribution is 2.34. The molecule has 0 spiro atoms. The first kappa shape index (κ1) is 12.3. The zero-order chi connectivity index (χ0) is 13.2. The van der Waals surface area contributed by atoms with Crippen LogP contribution in [0.25, 0.3) is 10.6 Å². The van der Waals surface area contributed by atoms with Crippen LogP contribution in [0.1, 0.15) is 30.3 Å². The van der Waals surface area contributed by atoms with E-state index in [1.165, 1.54) is 12.8 Å². The number of rotatable bonds is 5. The molecule has 19 heavy (non-hydrogen) atoms. The summed E-state index contributed by atoms with van der Waals surface area (Å²) in [5.41, 5.74) is 1.12.